The van der Waals surface area contributed by atoms with Gasteiger partial charge in [0.2, 0.25) is 0 Å². The van der Waals surface area contributed by atoms with E-state index in [1.54, 1.807) is 0 Å². The van der Waals surface area contributed by atoms with Gasteiger partial charge in [0.15, 0.2) is 5.69 Å². The molecule has 0 bridgehead atoms. The van der Waals surface area contributed by atoms with Crippen LogP contribution in [0.1, 0.15) is 10.5 Å². The van der Waals surface area contributed by atoms with Crippen LogP contribution in [-0.2, 0) is 0 Å². The van der Waals surface area contributed by atoms with E-state index in [9.17, 15) is 9.59 Å². The Morgan fingerprint density at radius 1 is 1.43 bits per heavy atom. The Balaban J connectivity index is 2.83. The maximum atomic E-state index is 10.9. The molecular formula is C8H9N3O3. The molecule has 0 aliphatic carbocycles. The van der Waals surface area contributed by atoms with Gasteiger partial charge in [-0.25, -0.2) is 14.6 Å². The molecule has 1 rings (SSSR count). The summed E-state index contributed by atoms with van der Waals surface area (Å²) in [7, 11) is 1.45. The van der Waals surface area contributed by atoms with Crippen molar-refractivity contribution in [3.63, 3.8) is 0 Å². The Kier molecular flexibility index (Phi) is 3.01. The summed E-state index contributed by atoms with van der Waals surface area (Å²) < 4.78 is 0. The van der Waals surface area contributed by atoms with Crippen LogP contribution in [0.5, 0.6) is 0 Å². The Morgan fingerprint density at radius 3 is 2.71 bits per heavy atom. The van der Waals surface area contributed by atoms with Gasteiger partial charge in [0.1, 0.15) is 5.82 Å². The highest BCUT2D eigenvalue weighted by molar-refractivity contribution is 5.89. The number of nitrogens with zero attached hydrogens (tertiary/aromatic N) is 1. The first-order valence-electron chi connectivity index (χ1n) is 3.82. The molecule has 3 N–H and O–H groups in total. The second kappa shape index (κ2) is 4.22. The van der Waals surface area contributed by atoms with Crippen molar-refractivity contribution in [3.8, 4) is 0 Å². The Morgan fingerprint density at radius 2 is 2.14 bits per heavy atom. The number of hydrogen-bond donors (Lipinski definition) is 3. The highest BCUT2D eigenvalue weighted by Crippen LogP contribution is 2.04. The molecule has 0 unspecified atom stereocenters. The number of carbonyl (C=O) groups is 2. The lowest BCUT2D eigenvalue weighted by Crippen LogP contribution is -2.25. The van der Waals surface area contributed by atoms with Crippen molar-refractivity contribution in [2.75, 3.05) is 12.4 Å². The van der Waals surface area contributed by atoms with Crippen LogP contribution in [0, 0.1) is 0 Å². The van der Waals surface area contributed by atoms with Gasteiger partial charge in [0.05, 0.1) is 0 Å². The fourth-order valence-corrected chi connectivity index (χ4v) is 0.802. The van der Waals surface area contributed by atoms with E-state index in [1.807, 2.05) is 0 Å². The highest BCUT2D eigenvalue weighted by Gasteiger charge is 2.06. The van der Waals surface area contributed by atoms with Crippen LogP contribution in [0.4, 0.5) is 10.6 Å². The maximum absolute atomic E-state index is 10.9. The van der Waals surface area contributed by atoms with Crippen LogP contribution in [0.15, 0.2) is 18.2 Å². The maximum Gasteiger partial charge on any atom is 0.354 e. The minimum atomic E-state index is -1.13. The van der Waals surface area contributed by atoms with Crippen LogP contribution < -0.4 is 10.6 Å². The molecule has 1 heterocycles. The van der Waals surface area contributed by atoms with Crippen LogP contribution in [0.3, 0.4) is 0 Å². The number of amides is 2. The minimum absolute atomic E-state index is 0.112. The molecule has 6 heteroatoms. The number of carboxylic acids is 1. The van der Waals surface area contributed by atoms with Crippen LogP contribution in [0.2, 0.25) is 0 Å². The Hall–Kier alpha value is -2.11. The molecule has 0 spiro atoms. The molecule has 1 aromatic heterocycles. The molecule has 0 fully saturated rings. The van der Waals surface area contributed by atoms with E-state index in [-0.39, 0.29) is 11.5 Å². The summed E-state index contributed by atoms with van der Waals surface area (Å²) in [5, 5.41) is 13.3. The zero-order valence-corrected chi connectivity index (χ0v) is 7.44. The first-order chi connectivity index (χ1) is 6.63. The average Bonchev–Trinajstić information content (AvgIpc) is 2.18. The van der Waals surface area contributed by atoms with E-state index in [1.165, 1.54) is 25.2 Å². The third-order valence-electron chi connectivity index (χ3n) is 1.44. The van der Waals surface area contributed by atoms with Gasteiger partial charge in [0, 0.05) is 7.05 Å². The van der Waals surface area contributed by atoms with E-state index >= 15 is 0 Å². The summed E-state index contributed by atoms with van der Waals surface area (Å²) in [6.07, 6.45) is 0. The number of pyridine rings is 1. The number of aromatic nitrogens is 1. The summed E-state index contributed by atoms with van der Waals surface area (Å²) in [5.41, 5.74) is -0.112. The molecule has 0 saturated carbocycles. The molecule has 0 atom stereocenters. The minimum Gasteiger partial charge on any atom is -0.477 e. The molecule has 0 saturated heterocycles. The predicted octanol–water partition coefficient (Wildman–Crippen LogP) is 0.531. The van der Waals surface area contributed by atoms with Crippen LogP contribution >= 0.6 is 0 Å². The van der Waals surface area contributed by atoms with Crippen molar-refractivity contribution in [1.82, 2.24) is 10.3 Å². The number of carbonyl (C=O) groups excluding carboxylic acids is 1. The third-order valence-corrected chi connectivity index (χ3v) is 1.44. The lowest BCUT2D eigenvalue weighted by atomic mass is 10.3. The van der Waals surface area contributed by atoms with E-state index in [2.05, 4.69) is 15.6 Å². The summed E-state index contributed by atoms with van der Waals surface area (Å²) in [5.74, 6) is -0.935. The van der Waals surface area contributed by atoms with Gasteiger partial charge in [0.25, 0.3) is 0 Å². The molecule has 74 valence electrons. The molecule has 0 radical (unpaired) electrons. The van der Waals surface area contributed by atoms with Crippen molar-refractivity contribution in [2.24, 2.45) is 0 Å². The van der Waals surface area contributed by atoms with Crippen molar-refractivity contribution in [2.45, 2.75) is 0 Å². The quantitative estimate of drug-likeness (QED) is 0.641. The highest BCUT2D eigenvalue weighted by atomic mass is 16.4. The summed E-state index contributed by atoms with van der Waals surface area (Å²) in [6, 6.07) is 3.90. The van der Waals surface area contributed by atoms with E-state index < -0.39 is 12.0 Å². The second-order valence-electron chi connectivity index (χ2n) is 2.42. The molecule has 0 aromatic carbocycles. The lowest BCUT2D eigenvalue weighted by molar-refractivity contribution is 0.0690. The van der Waals surface area contributed by atoms with Crippen molar-refractivity contribution in [3.05, 3.63) is 23.9 Å². The van der Waals surface area contributed by atoms with E-state index in [4.69, 9.17) is 5.11 Å². The molecule has 2 amide bonds. The largest absolute Gasteiger partial charge is 0.477 e. The zero-order chi connectivity index (χ0) is 10.6. The smallest absolute Gasteiger partial charge is 0.354 e. The lowest BCUT2D eigenvalue weighted by Gasteiger charge is -2.03. The standard InChI is InChI=1S/C8H9N3O3/c1-9-8(14)11-6-4-2-3-5(10-6)7(12)13/h2-4H,1H3,(H,12,13)(H2,9,10,11,14). The number of urea groups is 1. The van der Waals surface area contributed by atoms with Crippen molar-refractivity contribution < 1.29 is 14.7 Å². The summed E-state index contributed by atoms with van der Waals surface area (Å²) >= 11 is 0. The van der Waals surface area contributed by atoms with Gasteiger partial charge >= 0.3 is 12.0 Å². The summed E-state index contributed by atoms with van der Waals surface area (Å²) in [4.78, 5) is 25.1. The zero-order valence-electron chi connectivity index (χ0n) is 7.44. The number of anilines is 1. The van der Waals surface area contributed by atoms with Gasteiger partial charge in [-0.3, -0.25) is 5.32 Å². The molecule has 0 aliphatic heterocycles. The molecule has 14 heavy (non-hydrogen) atoms. The number of hydrogen-bond acceptors (Lipinski definition) is 3. The van der Waals surface area contributed by atoms with Gasteiger partial charge in [-0.1, -0.05) is 6.07 Å². The fraction of sp³-hybridized carbons (Fsp3) is 0.125. The van der Waals surface area contributed by atoms with Crippen LogP contribution in [-0.4, -0.2) is 29.1 Å². The van der Waals surface area contributed by atoms with Gasteiger partial charge in [-0.2, -0.15) is 0 Å². The molecule has 1 aromatic rings. The predicted molar refractivity (Wildman–Crippen MR) is 49.3 cm³/mol. The average molecular weight is 195 g/mol. The fourth-order valence-electron chi connectivity index (χ4n) is 0.802. The Bertz CT molecular complexity index is 365. The molecular weight excluding hydrogens is 186 g/mol. The first-order valence-corrected chi connectivity index (χ1v) is 3.82. The first kappa shape index (κ1) is 9.97. The SMILES string of the molecule is CNC(=O)Nc1cccc(C(=O)O)n1. The number of nitrogens with one attached hydrogen (secondary N) is 2. The van der Waals surface area contributed by atoms with Crippen molar-refractivity contribution in [1.29, 1.82) is 0 Å². The van der Waals surface area contributed by atoms with E-state index in [0.29, 0.717) is 0 Å². The topological polar surface area (TPSA) is 91.3 Å². The van der Waals surface area contributed by atoms with Gasteiger partial charge in [-0.05, 0) is 12.1 Å². The van der Waals surface area contributed by atoms with E-state index in [0.717, 1.165) is 0 Å². The number of rotatable bonds is 2. The third kappa shape index (κ3) is 2.44. The summed E-state index contributed by atoms with van der Waals surface area (Å²) in [6.45, 7) is 0. The van der Waals surface area contributed by atoms with Crippen LogP contribution in [0.25, 0.3) is 0 Å². The molecule has 6 nitrogen and oxygen atoms in total. The Labute approximate surface area is 80.0 Å². The molecule has 0 aliphatic rings. The number of carboxylic acid groups (broad SMARTS) is 1. The second-order valence-corrected chi connectivity index (χ2v) is 2.42. The monoisotopic (exact) mass is 195 g/mol. The van der Waals surface area contributed by atoms with Crippen molar-refractivity contribution >= 4 is 17.8 Å². The van der Waals surface area contributed by atoms with Gasteiger partial charge < -0.3 is 10.4 Å². The van der Waals surface area contributed by atoms with Gasteiger partial charge in [-0.15, -0.1) is 0 Å². The normalized spacial score (nSPS) is 9.21. The number of aromatic carboxylic acids is 1.